The number of nitro groups is 1. The van der Waals surface area contributed by atoms with Gasteiger partial charge in [0.25, 0.3) is 11.2 Å². The van der Waals surface area contributed by atoms with E-state index in [-0.39, 0.29) is 38.4 Å². The van der Waals surface area contributed by atoms with Crippen LogP contribution in [0.3, 0.4) is 0 Å². The Balaban J connectivity index is 2.32. The Morgan fingerprint density at radius 2 is 2.16 bits per heavy atom. The van der Waals surface area contributed by atoms with Crippen LogP contribution in [0.4, 0.5) is 5.69 Å². The van der Waals surface area contributed by atoms with Crippen molar-refractivity contribution in [1.82, 2.24) is 9.97 Å². The van der Waals surface area contributed by atoms with E-state index in [1.54, 1.807) is 0 Å². The SMILES string of the molecule is N#CC1=C(N)Oc2[nH]c(=S)[nH]c(=O)c2[C@H]1c1ccc([N+](=O)[O-])cc1Cl. The number of H-pyrrole nitrogens is 2. The van der Waals surface area contributed by atoms with Crippen molar-refractivity contribution in [3.8, 4) is 11.9 Å². The third kappa shape index (κ3) is 2.75. The van der Waals surface area contributed by atoms with Gasteiger partial charge in [0, 0.05) is 12.1 Å². The summed E-state index contributed by atoms with van der Waals surface area (Å²) in [6.45, 7) is 0. The lowest BCUT2D eigenvalue weighted by Gasteiger charge is -2.25. The van der Waals surface area contributed by atoms with Crippen LogP contribution in [0.15, 0.2) is 34.4 Å². The molecule has 1 aliphatic rings. The summed E-state index contributed by atoms with van der Waals surface area (Å²) in [6.07, 6.45) is 0. The lowest BCUT2D eigenvalue weighted by Crippen LogP contribution is -2.28. The van der Waals surface area contributed by atoms with E-state index in [9.17, 15) is 20.2 Å². The fourth-order valence-electron chi connectivity index (χ4n) is 2.56. The Morgan fingerprint density at radius 3 is 2.76 bits per heavy atom. The fourth-order valence-corrected chi connectivity index (χ4v) is 3.03. The van der Waals surface area contributed by atoms with Gasteiger partial charge in [0.15, 0.2) is 4.77 Å². The maximum absolute atomic E-state index is 12.4. The van der Waals surface area contributed by atoms with Gasteiger partial charge in [-0.2, -0.15) is 5.26 Å². The molecule has 4 N–H and O–H groups in total. The number of allylic oxidation sites excluding steroid dienone is 1. The van der Waals surface area contributed by atoms with Gasteiger partial charge in [0.1, 0.15) is 11.6 Å². The van der Waals surface area contributed by atoms with Crippen molar-refractivity contribution in [1.29, 1.82) is 5.26 Å². The van der Waals surface area contributed by atoms with Crippen molar-refractivity contribution in [3.05, 3.63) is 71.0 Å². The van der Waals surface area contributed by atoms with E-state index < -0.39 is 16.4 Å². The largest absolute Gasteiger partial charge is 0.424 e. The van der Waals surface area contributed by atoms with Crippen molar-refractivity contribution in [2.24, 2.45) is 5.73 Å². The first-order valence-corrected chi connectivity index (χ1v) is 7.50. The molecule has 3 rings (SSSR count). The number of nitrogens with one attached hydrogen (secondary N) is 2. The minimum atomic E-state index is -0.961. The van der Waals surface area contributed by atoms with Crippen molar-refractivity contribution >= 4 is 29.5 Å². The Kier molecular flexibility index (Phi) is 4.03. The number of nitriles is 1. The van der Waals surface area contributed by atoms with E-state index in [0.717, 1.165) is 6.07 Å². The average molecular weight is 378 g/mol. The lowest BCUT2D eigenvalue weighted by atomic mass is 9.85. The number of nitrogens with zero attached hydrogens (tertiary/aromatic N) is 2. The van der Waals surface area contributed by atoms with E-state index in [4.69, 9.17) is 34.3 Å². The smallest absolute Gasteiger partial charge is 0.270 e. The van der Waals surface area contributed by atoms with Gasteiger partial charge in [0.2, 0.25) is 11.8 Å². The Hall–Kier alpha value is -3.16. The lowest BCUT2D eigenvalue weighted by molar-refractivity contribution is -0.384. The maximum Gasteiger partial charge on any atom is 0.270 e. The molecule has 11 heteroatoms. The van der Waals surface area contributed by atoms with Gasteiger partial charge in [-0.15, -0.1) is 0 Å². The minimum Gasteiger partial charge on any atom is -0.424 e. The summed E-state index contributed by atoms with van der Waals surface area (Å²) in [5.74, 6) is -1.19. The van der Waals surface area contributed by atoms with E-state index in [0.29, 0.717) is 5.56 Å². The zero-order valence-corrected chi connectivity index (χ0v) is 13.8. The number of rotatable bonds is 2. The van der Waals surface area contributed by atoms with Gasteiger partial charge < -0.3 is 15.5 Å². The van der Waals surface area contributed by atoms with Gasteiger partial charge in [-0.1, -0.05) is 11.6 Å². The molecule has 0 aliphatic carbocycles. The summed E-state index contributed by atoms with van der Waals surface area (Å²) >= 11 is 11.1. The van der Waals surface area contributed by atoms with Crippen LogP contribution >= 0.6 is 23.8 Å². The van der Waals surface area contributed by atoms with Crippen LogP contribution < -0.4 is 16.0 Å². The number of non-ortho nitro benzene ring substituents is 1. The van der Waals surface area contributed by atoms with Gasteiger partial charge in [0.05, 0.1) is 21.4 Å². The van der Waals surface area contributed by atoms with Crippen LogP contribution in [0, 0.1) is 26.2 Å². The Bertz CT molecular complexity index is 1100. The molecular formula is C14H8ClN5O4S. The zero-order valence-electron chi connectivity index (χ0n) is 12.2. The monoisotopic (exact) mass is 377 g/mol. The molecule has 0 radical (unpaired) electrons. The zero-order chi connectivity index (χ0) is 18.3. The molecule has 0 bridgehead atoms. The standard InChI is InChI=1S/C14H8ClN5O4S/c15-8-3-5(20(22)23)1-2-6(8)9-7(4-16)11(17)24-13-10(9)12(21)18-14(25)19-13/h1-3,9H,17H2,(H2,18,19,21,25)/t9-/m0/s1. The molecule has 126 valence electrons. The number of benzene rings is 1. The van der Waals surface area contributed by atoms with Gasteiger partial charge in [-0.25, -0.2) is 0 Å². The van der Waals surface area contributed by atoms with Crippen LogP contribution in [0.2, 0.25) is 5.02 Å². The third-order valence-corrected chi connectivity index (χ3v) is 4.16. The first kappa shape index (κ1) is 16.7. The van der Waals surface area contributed by atoms with E-state index in [2.05, 4.69) is 9.97 Å². The number of nitrogens with two attached hydrogens (primary N) is 1. The van der Waals surface area contributed by atoms with Gasteiger partial charge in [-0.05, 0) is 23.8 Å². The average Bonchev–Trinajstić information content (AvgIpc) is 2.53. The van der Waals surface area contributed by atoms with Gasteiger partial charge >= 0.3 is 0 Å². The van der Waals surface area contributed by atoms with Crippen LogP contribution in [-0.4, -0.2) is 14.9 Å². The number of ether oxygens (including phenoxy) is 1. The summed E-state index contributed by atoms with van der Waals surface area (Å²) in [5, 5.41) is 20.3. The molecule has 1 aromatic carbocycles. The molecule has 0 unspecified atom stereocenters. The highest BCUT2D eigenvalue weighted by molar-refractivity contribution is 7.71. The molecular weight excluding hydrogens is 370 g/mol. The van der Waals surface area contributed by atoms with E-state index >= 15 is 0 Å². The first-order valence-electron chi connectivity index (χ1n) is 6.71. The molecule has 9 nitrogen and oxygen atoms in total. The van der Waals surface area contributed by atoms with Crippen LogP contribution in [-0.2, 0) is 0 Å². The summed E-state index contributed by atoms with van der Waals surface area (Å²) in [5.41, 5.74) is 5.28. The normalized spacial score (nSPS) is 15.9. The Morgan fingerprint density at radius 1 is 1.44 bits per heavy atom. The quantitative estimate of drug-likeness (QED) is 0.412. The minimum absolute atomic E-state index is 0.00875. The van der Waals surface area contributed by atoms with Crippen molar-refractivity contribution in [2.45, 2.75) is 5.92 Å². The van der Waals surface area contributed by atoms with Crippen LogP contribution in [0.1, 0.15) is 17.0 Å². The number of aromatic amines is 2. The molecule has 2 aromatic rings. The van der Waals surface area contributed by atoms with Crippen LogP contribution in [0.5, 0.6) is 5.88 Å². The van der Waals surface area contributed by atoms with Gasteiger partial charge in [-0.3, -0.25) is 19.9 Å². The highest BCUT2D eigenvalue weighted by Gasteiger charge is 2.35. The second-order valence-electron chi connectivity index (χ2n) is 5.04. The number of aromatic nitrogens is 2. The predicted octanol–water partition coefficient (Wildman–Crippen LogP) is 2.21. The summed E-state index contributed by atoms with van der Waals surface area (Å²) in [7, 11) is 0. The van der Waals surface area contributed by atoms with Crippen molar-refractivity contribution < 1.29 is 9.66 Å². The topological polar surface area (TPSA) is 151 Å². The van der Waals surface area contributed by atoms with Crippen molar-refractivity contribution in [3.63, 3.8) is 0 Å². The maximum atomic E-state index is 12.4. The number of nitro benzene ring substituents is 1. The first-order chi connectivity index (χ1) is 11.8. The van der Waals surface area contributed by atoms with Crippen molar-refractivity contribution in [2.75, 3.05) is 0 Å². The molecule has 25 heavy (non-hydrogen) atoms. The second-order valence-corrected chi connectivity index (χ2v) is 5.85. The highest BCUT2D eigenvalue weighted by atomic mass is 35.5. The summed E-state index contributed by atoms with van der Waals surface area (Å²) in [6, 6.07) is 5.62. The summed E-state index contributed by atoms with van der Waals surface area (Å²) in [4.78, 5) is 27.7. The molecule has 1 aliphatic heterocycles. The number of fused-ring (bicyclic) bond motifs is 1. The number of hydrogen-bond donors (Lipinski definition) is 3. The molecule has 2 heterocycles. The van der Waals surface area contributed by atoms with Crippen LogP contribution in [0.25, 0.3) is 0 Å². The number of hydrogen-bond acceptors (Lipinski definition) is 7. The predicted molar refractivity (Wildman–Crippen MR) is 89.7 cm³/mol. The fraction of sp³-hybridized carbons (Fsp3) is 0.0714. The van der Waals surface area contributed by atoms with E-state index in [1.165, 1.54) is 12.1 Å². The van der Waals surface area contributed by atoms with E-state index in [1.807, 2.05) is 6.07 Å². The molecule has 0 amide bonds. The highest BCUT2D eigenvalue weighted by Crippen LogP contribution is 2.42. The molecule has 1 aromatic heterocycles. The second kappa shape index (κ2) is 6.04. The molecule has 0 spiro atoms. The molecule has 1 atom stereocenters. The molecule has 0 fully saturated rings. The molecule has 0 saturated carbocycles. The number of halogens is 1. The Labute approximate surface area is 149 Å². The molecule has 0 saturated heterocycles. The third-order valence-electron chi connectivity index (χ3n) is 3.62. The summed E-state index contributed by atoms with van der Waals surface area (Å²) < 4.78 is 5.31.